The molecule has 1 aromatic carbocycles. The van der Waals surface area contributed by atoms with Crippen molar-refractivity contribution in [2.75, 3.05) is 11.4 Å². The van der Waals surface area contributed by atoms with E-state index in [4.69, 9.17) is 17.3 Å². The zero-order valence-corrected chi connectivity index (χ0v) is 15.2. The summed E-state index contributed by atoms with van der Waals surface area (Å²) in [6, 6.07) is 3.57. The fourth-order valence-electron chi connectivity index (χ4n) is 2.68. The van der Waals surface area contributed by atoms with Crippen LogP contribution in [-0.2, 0) is 9.59 Å². The number of amides is 2. The molecule has 0 saturated carbocycles. The first-order chi connectivity index (χ1) is 10.8. The molecule has 24 heavy (non-hydrogen) atoms. The van der Waals surface area contributed by atoms with Crippen LogP contribution in [0.3, 0.4) is 0 Å². The maximum atomic E-state index is 13.6. The van der Waals surface area contributed by atoms with Crippen LogP contribution in [0.5, 0.6) is 0 Å². The molecule has 1 aliphatic rings. The standard InChI is InChI=1S/C16H21ClFN3O2.ClH/c1-3-7-16(2,19)15(23)20-13-6-8-21(14(13)22)10-4-5-11(17)12(18)9-10;/h4-5,9,13H,3,6-8,19H2,1-2H3,(H,20,23);1H. The summed E-state index contributed by atoms with van der Waals surface area (Å²) in [4.78, 5) is 26.1. The molecule has 2 atom stereocenters. The van der Waals surface area contributed by atoms with Crippen molar-refractivity contribution in [2.24, 2.45) is 5.73 Å². The lowest BCUT2D eigenvalue weighted by Gasteiger charge is -2.25. The molecule has 2 unspecified atom stereocenters. The van der Waals surface area contributed by atoms with Crippen LogP contribution in [0.4, 0.5) is 10.1 Å². The summed E-state index contributed by atoms with van der Waals surface area (Å²) in [5.41, 5.74) is 5.40. The molecule has 3 N–H and O–H groups in total. The number of carbonyl (C=O) groups is 2. The zero-order valence-electron chi connectivity index (χ0n) is 13.6. The Bertz CT molecular complexity index is 625. The van der Waals surface area contributed by atoms with Gasteiger partial charge in [0, 0.05) is 12.2 Å². The lowest BCUT2D eigenvalue weighted by atomic mass is 9.96. The molecular formula is C16H22Cl2FN3O2. The molecule has 1 heterocycles. The van der Waals surface area contributed by atoms with Gasteiger partial charge >= 0.3 is 0 Å². The fraction of sp³-hybridized carbons (Fsp3) is 0.500. The number of nitrogens with zero attached hydrogens (tertiary/aromatic N) is 1. The maximum Gasteiger partial charge on any atom is 0.249 e. The van der Waals surface area contributed by atoms with E-state index in [0.717, 1.165) is 6.42 Å². The molecule has 0 aliphatic carbocycles. The number of halogens is 3. The largest absolute Gasteiger partial charge is 0.343 e. The van der Waals surface area contributed by atoms with E-state index < -0.39 is 17.4 Å². The Balaban J connectivity index is 0.00000288. The van der Waals surface area contributed by atoms with Crippen LogP contribution < -0.4 is 16.0 Å². The third-order valence-corrected chi connectivity index (χ3v) is 4.32. The first-order valence-electron chi connectivity index (χ1n) is 7.62. The van der Waals surface area contributed by atoms with Crippen LogP contribution in [0.15, 0.2) is 18.2 Å². The van der Waals surface area contributed by atoms with Gasteiger partial charge in [-0.2, -0.15) is 0 Å². The quantitative estimate of drug-likeness (QED) is 0.827. The molecule has 1 fully saturated rings. The van der Waals surface area contributed by atoms with Gasteiger partial charge in [0.25, 0.3) is 0 Å². The predicted molar refractivity (Wildman–Crippen MR) is 95.1 cm³/mol. The fourth-order valence-corrected chi connectivity index (χ4v) is 2.80. The second-order valence-corrected chi connectivity index (χ2v) is 6.48. The number of nitrogens with two attached hydrogens (primary N) is 1. The first-order valence-corrected chi connectivity index (χ1v) is 8.00. The van der Waals surface area contributed by atoms with Crippen molar-refractivity contribution >= 4 is 41.5 Å². The van der Waals surface area contributed by atoms with Crippen molar-refractivity contribution in [1.82, 2.24) is 5.32 Å². The van der Waals surface area contributed by atoms with E-state index in [9.17, 15) is 14.0 Å². The molecule has 0 radical (unpaired) electrons. The summed E-state index contributed by atoms with van der Waals surface area (Å²) < 4.78 is 13.6. The normalized spacial score (nSPS) is 19.6. The lowest BCUT2D eigenvalue weighted by Crippen LogP contribution is -2.55. The van der Waals surface area contributed by atoms with E-state index in [1.165, 1.54) is 17.0 Å². The summed E-state index contributed by atoms with van der Waals surface area (Å²) in [6.07, 6.45) is 1.76. The van der Waals surface area contributed by atoms with E-state index >= 15 is 0 Å². The number of benzene rings is 1. The molecule has 0 spiro atoms. The Labute approximate surface area is 152 Å². The Morgan fingerprint density at radius 3 is 2.79 bits per heavy atom. The van der Waals surface area contributed by atoms with Crippen LogP contribution in [0.25, 0.3) is 0 Å². The van der Waals surface area contributed by atoms with Gasteiger partial charge in [-0.3, -0.25) is 9.59 Å². The van der Waals surface area contributed by atoms with Gasteiger partial charge in [0.05, 0.1) is 10.6 Å². The average Bonchev–Trinajstić information content (AvgIpc) is 2.83. The van der Waals surface area contributed by atoms with Crippen LogP contribution in [0.2, 0.25) is 5.02 Å². The minimum Gasteiger partial charge on any atom is -0.343 e. The molecular weight excluding hydrogens is 356 g/mol. The number of hydrogen-bond acceptors (Lipinski definition) is 3. The van der Waals surface area contributed by atoms with Crippen molar-refractivity contribution in [1.29, 1.82) is 0 Å². The third kappa shape index (κ3) is 4.37. The average molecular weight is 378 g/mol. The second-order valence-electron chi connectivity index (χ2n) is 6.07. The lowest BCUT2D eigenvalue weighted by molar-refractivity contribution is -0.130. The van der Waals surface area contributed by atoms with E-state index in [2.05, 4.69) is 5.32 Å². The summed E-state index contributed by atoms with van der Waals surface area (Å²) in [7, 11) is 0. The van der Waals surface area contributed by atoms with Crippen LogP contribution in [-0.4, -0.2) is 29.9 Å². The van der Waals surface area contributed by atoms with Crippen molar-refractivity contribution in [3.8, 4) is 0 Å². The first kappa shape index (κ1) is 20.7. The van der Waals surface area contributed by atoms with Crippen LogP contribution in [0, 0.1) is 5.82 Å². The van der Waals surface area contributed by atoms with Crippen LogP contribution in [0.1, 0.15) is 33.1 Å². The Hall–Kier alpha value is -1.37. The van der Waals surface area contributed by atoms with Gasteiger partial charge in [-0.15, -0.1) is 12.4 Å². The highest BCUT2D eigenvalue weighted by atomic mass is 35.5. The molecule has 2 rings (SSSR count). The van der Waals surface area contributed by atoms with Gasteiger partial charge in [0.1, 0.15) is 11.9 Å². The number of anilines is 1. The Morgan fingerprint density at radius 2 is 2.21 bits per heavy atom. The molecule has 2 amide bonds. The highest BCUT2D eigenvalue weighted by Gasteiger charge is 2.37. The van der Waals surface area contributed by atoms with E-state index in [1.54, 1.807) is 13.0 Å². The number of carbonyl (C=O) groups excluding carboxylic acids is 2. The van der Waals surface area contributed by atoms with E-state index in [0.29, 0.717) is 25.1 Å². The monoisotopic (exact) mass is 377 g/mol. The topological polar surface area (TPSA) is 75.4 Å². The molecule has 0 bridgehead atoms. The van der Waals surface area contributed by atoms with Gasteiger partial charge < -0.3 is 16.0 Å². The molecule has 1 aromatic rings. The minimum atomic E-state index is -1.01. The van der Waals surface area contributed by atoms with Gasteiger partial charge in [0.15, 0.2) is 0 Å². The van der Waals surface area contributed by atoms with Crippen molar-refractivity contribution in [3.05, 3.63) is 29.0 Å². The van der Waals surface area contributed by atoms with Gasteiger partial charge in [-0.1, -0.05) is 24.9 Å². The van der Waals surface area contributed by atoms with Gasteiger partial charge in [-0.05, 0) is 38.0 Å². The zero-order chi connectivity index (χ0) is 17.2. The number of rotatable bonds is 5. The molecule has 1 saturated heterocycles. The number of hydrogen-bond donors (Lipinski definition) is 2. The number of nitrogens with one attached hydrogen (secondary N) is 1. The highest BCUT2D eigenvalue weighted by molar-refractivity contribution is 6.30. The van der Waals surface area contributed by atoms with Gasteiger partial charge in [0.2, 0.25) is 11.8 Å². The summed E-state index contributed by atoms with van der Waals surface area (Å²) in [5.74, 6) is -1.20. The van der Waals surface area contributed by atoms with E-state index in [-0.39, 0.29) is 29.2 Å². The summed E-state index contributed by atoms with van der Waals surface area (Å²) >= 11 is 5.65. The van der Waals surface area contributed by atoms with E-state index in [1.807, 2.05) is 6.92 Å². The third-order valence-electron chi connectivity index (χ3n) is 4.01. The van der Waals surface area contributed by atoms with Crippen molar-refractivity contribution in [3.63, 3.8) is 0 Å². The minimum absolute atomic E-state index is 0. The molecule has 0 aromatic heterocycles. The highest BCUT2D eigenvalue weighted by Crippen LogP contribution is 2.26. The SMILES string of the molecule is CCCC(C)(N)C(=O)NC1CCN(c2ccc(Cl)c(F)c2)C1=O.Cl. The molecule has 1 aliphatic heterocycles. The summed E-state index contributed by atoms with van der Waals surface area (Å²) in [6.45, 7) is 3.99. The summed E-state index contributed by atoms with van der Waals surface area (Å²) in [5, 5.41) is 2.71. The molecule has 5 nitrogen and oxygen atoms in total. The smallest absolute Gasteiger partial charge is 0.249 e. The van der Waals surface area contributed by atoms with Gasteiger partial charge in [-0.25, -0.2) is 4.39 Å². The molecule has 134 valence electrons. The Morgan fingerprint density at radius 1 is 1.54 bits per heavy atom. The predicted octanol–water partition coefficient (Wildman–Crippen LogP) is 2.64. The van der Waals surface area contributed by atoms with Crippen molar-refractivity contribution in [2.45, 2.75) is 44.7 Å². The van der Waals surface area contributed by atoms with Crippen molar-refractivity contribution < 1.29 is 14.0 Å². The van der Waals surface area contributed by atoms with Crippen LogP contribution >= 0.6 is 24.0 Å². The molecule has 8 heteroatoms. The second kappa shape index (κ2) is 8.14. The maximum absolute atomic E-state index is 13.6. The Kier molecular flexibility index (Phi) is 7.01.